The highest BCUT2D eigenvalue weighted by Gasteiger charge is 2.38. The summed E-state index contributed by atoms with van der Waals surface area (Å²) in [6, 6.07) is 10.4. The zero-order chi connectivity index (χ0) is 19.4. The molecule has 27 heavy (non-hydrogen) atoms. The molecule has 6 heteroatoms. The van der Waals surface area contributed by atoms with E-state index in [1.54, 1.807) is 0 Å². The highest BCUT2D eigenvalue weighted by molar-refractivity contribution is 7.91. The lowest BCUT2D eigenvalue weighted by Gasteiger charge is -2.39. The third-order valence-corrected chi connectivity index (χ3v) is 7.94. The van der Waals surface area contributed by atoms with E-state index in [1.165, 1.54) is 12.0 Å². The predicted octanol–water partition coefficient (Wildman–Crippen LogP) is 3.03. The summed E-state index contributed by atoms with van der Waals surface area (Å²) >= 11 is 0. The Morgan fingerprint density at radius 1 is 1.07 bits per heavy atom. The van der Waals surface area contributed by atoms with E-state index in [2.05, 4.69) is 24.0 Å². The van der Waals surface area contributed by atoms with Crippen LogP contribution in [0.5, 0.6) is 0 Å². The Bertz CT molecular complexity index is 729. The summed E-state index contributed by atoms with van der Waals surface area (Å²) in [4.78, 5) is 17.3. The van der Waals surface area contributed by atoms with Gasteiger partial charge in [0.25, 0.3) is 0 Å². The molecule has 2 aliphatic rings. The molecule has 0 N–H and O–H groups in total. The van der Waals surface area contributed by atoms with Crippen LogP contribution in [0.4, 0.5) is 0 Å². The van der Waals surface area contributed by atoms with Crippen LogP contribution in [-0.2, 0) is 14.6 Å². The highest BCUT2D eigenvalue weighted by atomic mass is 32.2. The lowest BCUT2D eigenvalue weighted by atomic mass is 9.92. The Hall–Kier alpha value is -1.40. The normalized spacial score (nSPS) is 24.0. The second-order valence-corrected chi connectivity index (χ2v) is 10.4. The molecule has 1 saturated carbocycles. The van der Waals surface area contributed by atoms with Crippen LogP contribution in [0.25, 0.3) is 0 Å². The van der Waals surface area contributed by atoms with Crippen molar-refractivity contribution in [2.45, 2.75) is 63.6 Å². The lowest BCUT2D eigenvalue weighted by Crippen LogP contribution is -2.51. The standard InChI is InChI=1S/C21H32N2O3S/c1-17(18-9-5-3-6-10-18)22(2)15-21(24)23(19-11-7-4-8-12-19)20-13-14-27(25,26)16-20/h3,5-6,9-10,17,19-20H,4,7-8,11-16H2,1-2H3/t17-,20+/m0/s1. The molecule has 150 valence electrons. The fourth-order valence-electron chi connectivity index (χ4n) is 4.48. The second kappa shape index (κ2) is 8.74. The molecule has 0 spiro atoms. The van der Waals surface area contributed by atoms with E-state index in [4.69, 9.17) is 0 Å². The average Bonchev–Trinajstić information content (AvgIpc) is 3.02. The van der Waals surface area contributed by atoms with Gasteiger partial charge >= 0.3 is 0 Å². The largest absolute Gasteiger partial charge is 0.335 e. The molecule has 1 heterocycles. The van der Waals surface area contributed by atoms with Crippen LogP contribution in [0, 0.1) is 0 Å². The maximum absolute atomic E-state index is 13.3. The molecule has 3 rings (SSSR count). The number of benzene rings is 1. The van der Waals surface area contributed by atoms with Crippen LogP contribution in [0.3, 0.4) is 0 Å². The number of carbonyl (C=O) groups is 1. The molecule has 0 unspecified atom stereocenters. The van der Waals surface area contributed by atoms with E-state index in [1.807, 2.05) is 30.1 Å². The van der Waals surface area contributed by atoms with Crippen LogP contribution in [0.2, 0.25) is 0 Å². The van der Waals surface area contributed by atoms with Gasteiger partial charge in [0.05, 0.1) is 18.1 Å². The number of likely N-dealkylation sites (N-methyl/N-ethyl adjacent to an activating group) is 1. The van der Waals surface area contributed by atoms with E-state index >= 15 is 0 Å². The third kappa shape index (κ3) is 5.11. The summed E-state index contributed by atoms with van der Waals surface area (Å²) in [6.07, 6.45) is 6.06. The van der Waals surface area contributed by atoms with Gasteiger partial charge in [-0.1, -0.05) is 49.6 Å². The van der Waals surface area contributed by atoms with Crippen molar-refractivity contribution < 1.29 is 13.2 Å². The lowest BCUT2D eigenvalue weighted by molar-refractivity contribution is -0.138. The van der Waals surface area contributed by atoms with E-state index < -0.39 is 9.84 Å². The predicted molar refractivity (Wildman–Crippen MR) is 108 cm³/mol. The zero-order valence-electron chi connectivity index (χ0n) is 16.5. The van der Waals surface area contributed by atoms with Crippen molar-refractivity contribution in [3.05, 3.63) is 35.9 Å². The Morgan fingerprint density at radius 2 is 1.74 bits per heavy atom. The molecule has 1 aliphatic carbocycles. The third-order valence-electron chi connectivity index (χ3n) is 6.19. The second-order valence-electron chi connectivity index (χ2n) is 8.15. The topological polar surface area (TPSA) is 57.7 Å². The monoisotopic (exact) mass is 392 g/mol. The molecule has 1 aromatic carbocycles. The summed E-state index contributed by atoms with van der Waals surface area (Å²) in [5.41, 5.74) is 1.18. The Kier molecular flexibility index (Phi) is 6.58. The van der Waals surface area contributed by atoms with Crippen molar-refractivity contribution in [2.75, 3.05) is 25.1 Å². The number of hydrogen-bond donors (Lipinski definition) is 0. The molecule has 2 fully saturated rings. The van der Waals surface area contributed by atoms with Crippen molar-refractivity contribution >= 4 is 15.7 Å². The molecule has 0 aromatic heterocycles. The fourth-order valence-corrected chi connectivity index (χ4v) is 6.19. The van der Waals surface area contributed by atoms with Gasteiger partial charge in [-0.25, -0.2) is 8.42 Å². The van der Waals surface area contributed by atoms with Crippen LogP contribution in [0.1, 0.15) is 57.1 Å². The Morgan fingerprint density at radius 3 is 2.33 bits per heavy atom. The van der Waals surface area contributed by atoms with E-state index in [0.717, 1.165) is 25.7 Å². The minimum atomic E-state index is -3.01. The molecule has 0 radical (unpaired) electrons. The van der Waals surface area contributed by atoms with Crippen molar-refractivity contribution in [1.29, 1.82) is 0 Å². The van der Waals surface area contributed by atoms with E-state index in [0.29, 0.717) is 13.0 Å². The smallest absolute Gasteiger partial charge is 0.237 e. The van der Waals surface area contributed by atoms with Gasteiger partial charge in [0, 0.05) is 18.1 Å². The van der Waals surface area contributed by atoms with Gasteiger partial charge in [-0.3, -0.25) is 9.69 Å². The van der Waals surface area contributed by atoms with Gasteiger partial charge in [-0.05, 0) is 38.8 Å². The van der Waals surface area contributed by atoms with Crippen LogP contribution < -0.4 is 0 Å². The molecule has 1 amide bonds. The summed E-state index contributed by atoms with van der Waals surface area (Å²) in [5, 5.41) is 0. The summed E-state index contributed by atoms with van der Waals surface area (Å²) in [5.74, 6) is 0.423. The molecule has 5 nitrogen and oxygen atoms in total. The average molecular weight is 393 g/mol. The van der Waals surface area contributed by atoms with Gasteiger partial charge in [0.15, 0.2) is 9.84 Å². The van der Waals surface area contributed by atoms with Crippen molar-refractivity contribution in [3.8, 4) is 0 Å². The molecular weight excluding hydrogens is 360 g/mol. The maximum Gasteiger partial charge on any atom is 0.237 e. The maximum atomic E-state index is 13.3. The van der Waals surface area contributed by atoms with E-state index in [-0.39, 0.29) is 35.5 Å². The first kappa shape index (κ1) is 20.3. The summed E-state index contributed by atoms with van der Waals surface area (Å²) in [6.45, 7) is 2.43. The fraction of sp³-hybridized carbons (Fsp3) is 0.667. The number of nitrogens with zero attached hydrogens (tertiary/aromatic N) is 2. The Balaban J connectivity index is 1.72. The van der Waals surface area contributed by atoms with Crippen molar-refractivity contribution in [3.63, 3.8) is 0 Å². The number of rotatable bonds is 6. The Labute approximate surface area is 163 Å². The number of hydrogen-bond acceptors (Lipinski definition) is 4. The number of amides is 1. The first-order chi connectivity index (χ1) is 12.9. The minimum absolute atomic E-state index is 0.0780. The molecule has 1 aliphatic heterocycles. The van der Waals surface area contributed by atoms with Crippen LogP contribution in [-0.4, -0.2) is 61.3 Å². The highest BCUT2D eigenvalue weighted by Crippen LogP contribution is 2.29. The molecule has 1 saturated heterocycles. The molecule has 2 atom stereocenters. The quantitative estimate of drug-likeness (QED) is 0.747. The number of sulfone groups is 1. The SMILES string of the molecule is C[C@@H](c1ccccc1)N(C)CC(=O)N(C1CCCCC1)[C@@H]1CCS(=O)(=O)C1. The van der Waals surface area contributed by atoms with Gasteiger partial charge in [0.1, 0.15) is 0 Å². The first-order valence-electron chi connectivity index (χ1n) is 10.1. The minimum Gasteiger partial charge on any atom is -0.335 e. The molecular formula is C21H32N2O3S. The van der Waals surface area contributed by atoms with Crippen LogP contribution >= 0.6 is 0 Å². The van der Waals surface area contributed by atoms with Gasteiger partial charge in [-0.15, -0.1) is 0 Å². The van der Waals surface area contributed by atoms with Gasteiger partial charge < -0.3 is 4.90 Å². The first-order valence-corrected chi connectivity index (χ1v) is 12.0. The van der Waals surface area contributed by atoms with E-state index in [9.17, 15) is 13.2 Å². The summed E-state index contributed by atoms with van der Waals surface area (Å²) in [7, 11) is -1.04. The van der Waals surface area contributed by atoms with Crippen LogP contribution in [0.15, 0.2) is 30.3 Å². The molecule has 1 aromatic rings. The number of carbonyl (C=O) groups excluding carboxylic acids is 1. The van der Waals surface area contributed by atoms with Crippen molar-refractivity contribution in [2.24, 2.45) is 0 Å². The summed E-state index contributed by atoms with van der Waals surface area (Å²) < 4.78 is 24.0. The zero-order valence-corrected chi connectivity index (χ0v) is 17.3. The van der Waals surface area contributed by atoms with Gasteiger partial charge in [-0.2, -0.15) is 0 Å². The van der Waals surface area contributed by atoms with Crippen molar-refractivity contribution in [1.82, 2.24) is 9.80 Å². The molecule has 0 bridgehead atoms. The van der Waals surface area contributed by atoms with Gasteiger partial charge in [0.2, 0.25) is 5.91 Å².